The number of nitrogens with one attached hydrogen (secondary N) is 2. The molecule has 1 amide bonds. The van der Waals surface area contributed by atoms with Crippen molar-refractivity contribution in [1.29, 1.82) is 0 Å². The topological polar surface area (TPSA) is 78.4 Å². The second-order valence-electron chi connectivity index (χ2n) is 5.74. The van der Waals surface area contributed by atoms with Crippen molar-refractivity contribution in [2.24, 2.45) is 5.41 Å². The highest BCUT2D eigenvalue weighted by molar-refractivity contribution is 5.96. The largest absolute Gasteiger partial charge is 0.481 e. The number of hydrogen-bond acceptors (Lipinski definition) is 3. The number of carbonyl (C=O) groups is 2. The molecule has 0 saturated carbocycles. The number of fused-ring (bicyclic) bond motifs is 1. The van der Waals surface area contributed by atoms with Gasteiger partial charge in [0.2, 0.25) is 0 Å². The van der Waals surface area contributed by atoms with E-state index < -0.39 is 11.4 Å². The molecule has 3 N–H and O–H groups in total. The average Bonchev–Trinajstić information content (AvgIpc) is 2.44. The smallest absolute Gasteiger partial charge is 0.310 e. The van der Waals surface area contributed by atoms with Crippen molar-refractivity contribution in [2.45, 2.75) is 26.8 Å². The highest BCUT2D eigenvalue weighted by atomic mass is 16.4. The molecule has 0 unspecified atom stereocenters. The van der Waals surface area contributed by atoms with Crippen molar-refractivity contribution in [3.8, 4) is 0 Å². The van der Waals surface area contributed by atoms with Gasteiger partial charge < -0.3 is 15.7 Å². The SMILES string of the molecule is CC(C)(CNC(=O)c1cccc2c1CCNC2)C(=O)O. The zero-order valence-electron chi connectivity index (χ0n) is 11.8. The van der Waals surface area contributed by atoms with Crippen molar-refractivity contribution < 1.29 is 14.7 Å². The lowest BCUT2D eigenvalue weighted by atomic mass is 9.92. The van der Waals surface area contributed by atoms with E-state index in [0.29, 0.717) is 5.56 Å². The molecular formula is C15H20N2O3. The van der Waals surface area contributed by atoms with Crippen LogP contribution in [0.25, 0.3) is 0 Å². The molecule has 1 aliphatic rings. The minimum Gasteiger partial charge on any atom is -0.481 e. The Hall–Kier alpha value is -1.88. The third-order valence-electron chi connectivity index (χ3n) is 3.65. The normalized spacial score (nSPS) is 14.5. The Kier molecular flexibility index (Phi) is 4.09. The summed E-state index contributed by atoms with van der Waals surface area (Å²) in [4.78, 5) is 23.3. The minimum absolute atomic E-state index is 0.114. The second-order valence-corrected chi connectivity index (χ2v) is 5.74. The Labute approximate surface area is 118 Å². The fourth-order valence-corrected chi connectivity index (χ4v) is 2.22. The van der Waals surface area contributed by atoms with Crippen molar-refractivity contribution in [3.63, 3.8) is 0 Å². The lowest BCUT2D eigenvalue weighted by Gasteiger charge is -2.22. The molecule has 5 nitrogen and oxygen atoms in total. The number of benzene rings is 1. The highest BCUT2D eigenvalue weighted by Gasteiger charge is 2.28. The van der Waals surface area contributed by atoms with Crippen molar-refractivity contribution in [3.05, 3.63) is 34.9 Å². The van der Waals surface area contributed by atoms with Gasteiger partial charge >= 0.3 is 5.97 Å². The van der Waals surface area contributed by atoms with Crippen LogP contribution in [0.4, 0.5) is 0 Å². The van der Waals surface area contributed by atoms with E-state index in [1.807, 2.05) is 12.1 Å². The summed E-state index contributed by atoms with van der Waals surface area (Å²) in [6, 6.07) is 5.68. The third-order valence-corrected chi connectivity index (χ3v) is 3.65. The number of carboxylic acids is 1. The van der Waals surface area contributed by atoms with Crippen molar-refractivity contribution in [1.82, 2.24) is 10.6 Å². The molecule has 20 heavy (non-hydrogen) atoms. The highest BCUT2D eigenvalue weighted by Crippen LogP contribution is 2.19. The van der Waals surface area contributed by atoms with Crippen LogP contribution in [0.2, 0.25) is 0 Å². The summed E-state index contributed by atoms with van der Waals surface area (Å²) >= 11 is 0. The summed E-state index contributed by atoms with van der Waals surface area (Å²) in [5, 5.41) is 15.1. The number of amides is 1. The number of aliphatic carboxylic acids is 1. The van der Waals surface area contributed by atoms with Gasteiger partial charge in [0.25, 0.3) is 5.91 Å². The van der Waals surface area contributed by atoms with E-state index in [-0.39, 0.29) is 12.5 Å². The zero-order chi connectivity index (χ0) is 14.8. The molecule has 1 aliphatic heterocycles. The number of rotatable bonds is 4. The van der Waals surface area contributed by atoms with Crippen LogP contribution in [-0.4, -0.2) is 30.1 Å². The number of carbonyl (C=O) groups excluding carboxylic acids is 1. The van der Waals surface area contributed by atoms with E-state index in [2.05, 4.69) is 10.6 Å². The van der Waals surface area contributed by atoms with Gasteiger partial charge in [-0.25, -0.2) is 0 Å². The van der Waals surface area contributed by atoms with Crippen LogP contribution in [-0.2, 0) is 17.8 Å². The number of hydrogen-bond donors (Lipinski definition) is 3. The Balaban J connectivity index is 2.12. The second kappa shape index (κ2) is 5.63. The zero-order valence-corrected chi connectivity index (χ0v) is 11.8. The van der Waals surface area contributed by atoms with Gasteiger partial charge in [0.1, 0.15) is 0 Å². The molecule has 0 aromatic heterocycles. The standard InChI is InChI=1S/C15H20N2O3/c1-15(2,14(19)20)9-17-13(18)12-5-3-4-10-8-16-7-6-11(10)12/h3-5,16H,6-9H2,1-2H3,(H,17,18)(H,19,20). The molecule has 2 rings (SSSR count). The molecule has 0 fully saturated rings. The summed E-state index contributed by atoms with van der Waals surface area (Å²) in [7, 11) is 0. The van der Waals surface area contributed by atoms with Gasteiger partial charge in [-0.3, -0.25) is 9.59 Å². The van der Waals surface area contributed by atoms with E-state index in [9.17, 15) is 9.59 Å². The van der Waals surface area contributed by atoms with E-state index in [1.54, 1.807) is 19.9 Å². The molecule has 0 aliphatic carbocycles. The van der Waals surface area contributed by atoms with Crippen LogP contribution in [0, 0.1) is 5.41 Å². The summed E-state index contributed by atoms with van der Waals surface area (Å²) in [5.74, 6) is -1.12. The Morgan fingerprint density at radius 2 is 2.15 bits per heavy atom. The first-order valence-electron chi connectivity index (χ1n) is 6.75. The van der Waals surface area contributed by atoms with Crippen molar-refractivity contribution >= 4 is 11.9 Å². The maximum absolute atomic E-state index is 12.3. The molecular weight excluding hydrogens is 256 g/mol. The van der Waals surface area contributed by atoms with Crippen LogP contribution in [0.15, 0.2) is 18.2 Å². The first kappa shape index (κ1) is 14.5. The Bertz CT molecular complexity index is 538. The van der Waals surface area contributed by atoms with Gasteiger partial charge in [-0.05, 0) is 44.0 Å². The maximum atomic E-state index is 12.3. The van der Waals surface area contributed by atoms with Gasteiger partial charge in [-0.2, -0.15) is 0 Å². The fourth-order valence-electron chi connectivity index (χ4n) is 2.22. The molecule has 0 radical (unpaired) electrons. The van der Waals surface area contributed by atoms with Crippen LogP contribution in [0.1, 0.15) is 35.3 Å². The molecule has 108 valence electrons. The molecule has 1 aromatic rings. The van der Waals surface area contributed by atoms with Crippen LogP contribution in [0.3, 0.4) is 0 Å². The number of carboxylic acid groups (broad SMARTS) is 1. The first-order chi connectivity index (χ1) is 9.42. The predicted molar refractivity (Wildman–Crippen MR) is 75.6 cm³/mol. The monoisotopic (exact) mass is 276 g/mol. The molecule has 1 aromatic carbocycles. The van der Waals surface area contributed by atoms with E-state index in [1.165, 1.54) is 0 Å². The Morgan fingerprint density at radius 1 is 1.40 bits per heavy atom. The van der Waals surface area contributed by atoms with E-state index in [4.69, 9.17) is 5.11 Å². The van der Waals surface area contributed by atoms with Gasteiger partial charge in [-0.15, -0.1) is 0 Å². The summed E-state index contributed by atoms with van der Waals surface area (Å²) in [6.45, 7) is 4.94. The molecule has 0 bridgehead atoms. The molecule has 1 heterocycles. The minimum atomic E-state index is -0.966. The van der Waals surface area contributed by atoms with Gasteiger partial charge in [0.15, 0.2) is 0 Å². The lowest BCUT2D eigenvalue weighted by Crippen LogP contribution is -2.39. The lowest BCUT2D eigenvalue weighted by molar-refractivity contribution is -0.146. The first-order valence-corrected chi connectivity index (χ1v) is 6.75. The summed E-state index contributed by atoms with van der Waals surface area (Å²) in [5.41, 5.74) is 1.90. The summed E-state index contributed by atoms with van der Waals surface area (Å²) in [6.07, 6.45) is 0.821. The predicted octanol–water partition coefficient (Wildman–Crippen LogP) is 1.17. The average molecular weight is 276 g/mol. The summed E-state index contributed by atoms with van der Waals surface area (Å²) < 4.78 is 0. The van der Waals surface area contributed by atoms with Gasteiger partial charge in [0, 0.05) is 18.7 Å². The van der Waals surface area contributed by atoms with Gasteiger partial charge in [0.05, 0.1) is 5.41 Å². The van der Waals surface area contributed by atoms with E-state index >= 15 is 0 Å². The van der Waals surface area contributed by atoms with Crippen LogP contribution >= 0.6 is 0 Å². The van der Waals surface area contributed by atoms with Crippen molar-refractivity contribution in [2.75, 3.05) is 13.1 Å². The molecule has 0 spiro atoms. The molecule has 0 atom stereocenters. The van der Waals surface area contributed by atoms with Gasteiger partial charge in [-0.1, -0.05) is 12.1 Å². The third kappa shape index (κ3) is 2.99. The quantitative estimate of drug-likeness (QED) is 0.771. The van der Waals surface area contributed by atoms with E-state index in [0.717, 1.165) is 30.6 Å². The maximum Gasteiger partial charge on any atom is 0.310 e. The molecule has 5 heteroatoms. The molecule has 0 saturated heterocycles. The van der Waals surface area contributed by atoms with Crippen LogP contribution < -0.4 is 10.6 Å². The Morgan fingerprint density at radius 3 is 2.85 bits per heavy atom. The van der Waals surface area contributed by atoms with Crippen LogP contribution in [0.5, 0.6) is 0 Å². The fraction of sp³-hybridized carbons (Fsp3) is 0.467.